The van der Waals surface area contributed by atoms with Crippen molar-refractivity contribution in [2.75, 3.05) is 14.1 Å². The van der Waals surface area contributed by atoms with Gasteiger partial charge in [-0.25, -0.2) is 14.8 Å². The summed E-state index contributed by atoms with van der Waals surface area (Å²) in [6.45, 7) is 5.87. The average molecular weight is 610 g/mol. The van der Waals surface area contributed by atoms with Gasteiger partial charge in [0.25, 0.3) is 11.8 Å². The standard InChI is InChI=1S/C30H36ClN7O5/c1-30(2,3)43-29(42)38-14-18-13-32-25(34-24(18)15-38)27(40)36-22-11-16(28(41)37(4)5)6-8-21(22)35-26(39)23-12-17-10-19(31)7-9-20(17)33-23/h7,9-10,12-13,16,21-22,33H,6,8,11,14-15H2,1-5H3,(H,35,39)(H,36,40)/t16-,21-,22+/m0/s1. The van der Waals surface area contributed by atoms with Crippen LogP contribution in [0.3, 0.4) is 0 Å². The van der Waals surface area contributed by atoms with E-state index < -0.39 is 29.7 Å². The summed E-state index contributed by atoms with van der Waals surface area (Å²) >= 11 is 6.10. The zero-order valence-electron chi connectivity index (χ0n) is 24.9. The first-order valence-electron chi connectivity index (χ1n) is 14.2. The monoisotopic (exact) mass is 609 g/mol. The second-order valence-corrected chi connectivity index (χ2v) is 12.8. The zero-order valence-corrected chi connectivity index (χ0v) is 25.6. The Balaban J connectivity index is 1.31. The van der Waals surface area contributed by atoms with Gasteiger partial charge in [0.15, 0.2) is 0 Å². The minimum Gasteiger partial charge on any atom is -0.444 e. The summed E-state index contributed by atoms with van der Waals surface area (Å²) in [6.07, 6.45) is 2.47. The highest BCUT2D eigenvalue weighted by Crippen LogP contribution is 2.28. The number of amides is 4. The zero-order chi connectivity index (χ0) is 31.1. The number of carbonyl (C=O) groups is 4. The largest absolute Gasteiger partial charge is 0.444 e. The van der Waals surface area contributed by atoms with Gasteiger partial charge in [-0.3, -0.25) is 19.3 Å². The molecule has 12 nitrogen and oxygen atoms in total. The number of H-pyrrole nitrogens is 1. The molecule has 4 amide bonds. The van der Waals surface area contributed by atoms with Gasteiger partial charge >= 0.3 is 6.09 Å². The van der Waals surface area contributed by atoms with Crippen LogP contribution in [0.4, 0.5) is 4.79 Å². The molecule has 3 heterocycles. The average Bonchev–Trinajstić information content (AvgIpc) is 3.56. The van der Waals surface area contributed by atoms with E-state index in [-0.39, 0.29) is 36.6 Å². The van der Waals surface area contributed by atoms with Gasteiger partial charge in [-0.15, -0.1) is 0 Å². The summed E-state index contributed by atoms with van der Waals surface area (Å²) in [7, 11) is 3.40. The van der Waals surface area contributed by atoms with Gasteiger partial charge in [-0.05, 0) is 64.3 Å². The fourth-order valence-electron chi connectivity index (χ4n) is 5.52. The lowest BCUT2D eigenvalue weighted by Crippen LogP contribution is -2.56. The Kier molecular flexibility index (Phi) is 8.33. The van der Waals surface area contributed by atoms with Crippen LogP contribution >= 0.6 is 11.6 Å². The summed E-state index contributed by atoms with van der Waals surface area (Å²) in [5.74, 6) is -1.26. The number of halogens is 1. The molecule has 3 N–H and O–H groups in total. The van der Waals surface area contributed by atoms with Crippen LogP contribution < -0.4 is 10.6 Å². The molecule has 0 bridgehead atoms. The quantitative estimate of drug-likeness (QED) is 0.400. The van der Waals surface area contributed by atoms with Crippen LogP contribution in [-0.4, -0.2) is 80.3 Å². The summed E-state index contributed by atoms with van der Waals surface area (Å²) in [5, 5.41) is 7.39. The van der Waals surface area contributed by atoms with E-state index in [0.29, 0.717) is 35.7 Å². The SMILES string of the molecule is CN(C)C(=O)[C@H]1CC[C@H](NC(=O)c2cc3cc(Cl)ccc3[nH]2)[C@H](NC(=O)c2ncc3c(n2)CN(C(=O)OC(C)(C)C)C3)C1. The number of benzene rings is 1. The highest BCUT2D eigenvalue weighted by atomic mass is 35.5. The molecule has 1 aliphatic carbocycles. The van der Waals surface area contributed by atoms with Crippen molar-refractivity contribution in [2.24, 2.45) is 5.92 Å². The molecule has 5 rings (SSSR count). The lowest BCUT2D eigenvalue weighted by molar-refractivity contribution is -0.134. The predicted molar refractivity (Wildman–Crippen MR) is 159 cm³/mol. The molecule has 228 valence electrons. The van der Waals surface area contributed by atoms with E-state index >= 15 is 0 Å². The maximum atomic E-state index is 13.4. The highest BCUT2D eigenvalue weighted by Gasteiger charge is 2.37. The third-order valence-corrected chi connectivity index (χ3v) is 7.85. The third kappa shape index (κ3) is 6.90. The van der Waals surface area contributed by atoms with Gasteiger partial charge in [0.1, 0.15) is 11.3 Å². The van der Waals surface area contributed by atoms with Crippen molar-refractivity contribution in [1.82, 2.24) is 35.4 Å². The van der Waals surface area contributed by atoms with Crippen molar-refractivity contribution in [3.05, 3.63) is 58.3 Å². The number of hydrogen-bond acceptors (Lipinski definition) is 7. The summed E-state index contributed by atoms with van der Waals surface area (Å²) in [4.78, 5) is 66.9. The molecule has 43 heavy (non-hydrogen) atoms. The van der Waals surface area contributed by atoms with E-state index in [1.165, 1.54) is 9.80 Å². The Labute approximate surface area is 254 Å². The number of nitrogens with zero attached hydrogens (tertiary/aromatic N) is 4. The van der Waals surface area contributed by atoms with E-state index in [2.05, 4.69) is 25.6 Å². The molecular formula is C30H36ClN7O5. The molecule has 3 atom stereocenters. The Morgan fingerprint density at radius 1 is 1.05 bits per heavy atom. The van der Waals surface area contributed by atoms with Crippen LogP contribution in [0.2, 0.25) is 5.02 Å². The minimum atomic E-state index is -0.636. The second-order valence-electron chi connectivity index (χ2n) is 12.3. The second kappa shape index (κ2) is 11.8. The van der Waals surface area contributed by atoms with Crippen molar-refractivity contribution in [3.63, 3.8) is 0 Å². The van der Waals surface area contributed by atoms with E-state index in [1.54, 1.807) is 65.3 Å². The van der Waals surface area contributed by atoms with Gasteiger partial charge in [0, 0.05) is 53.7 Å². The molecular weight excluding hydrogens is 574 g/mol. The van der Waals surface area contributed by atoms with Gasteiger partial charge < -0.3 is 25.3 Å². The fraction of sp³-hybridized carbons (Fsp3) is 0.467. The Hall–Kier alpha value is -4.19. The number of fused-ring (bicyclic) bond motifs is 2. The van der Waals surface area contributed by atoms with Gasteiger partial charge in [-0.2, -0.15) is 0 Å². The number of nitrogens with one attached hydrogen (secondary N) is 3. The highest BCUT2D eigenvalue weighted by molar-refractivity contribution is 6.31. The van der Waals surface area contributed by atoms with Crippen molar-refractivity contribution in [3.8, 4) is 0 Å². The number of ether oxygens (including phenoxy) is 1. The van der Waals surface area contributed by atoms with Crippen LogP contribution in [0, 0.1) is 5.92 Å². The third-order valence-electron chi connectivity index (χ3n) is 7.61. The first-order chi connectivity index (χ1) is 20.3. The predicted octanol–water partition coefficient (Wildman–Crippen LogP) is 3.65. The van der Waals surface area contributed by atoms with Crippen molar-refractivity contribution >= 4 is 46.3 Å². The Bertz CT molecular complexity index is 1580. The molecule has 0 radical (unpaired) electrons. The first-order valence-corrected chi connectivity index (χ1v) is 14.6. The van der Waals surface area contributed by atoms with E-state index in [4.69, 9.17) is 16.3 Å². The Morgan fingerprint density at radius 3 is 2.51 bits per heavy atom. The minimum absolute atomic E-state index is 0.0347. The van der Waals surface area contributed by atoms with Crippen LogP contribution in [0.1, 0.15) is 72.4 Å². The molecule has 13 heteroatoms. The molecule has 1 saturated carbocycles. The first kappa shape index (κ1) is 30.3. The van der Waals surface area contributed by atoms with Crippen LogP contribution in [0.15, 0.2) is 30.5 Å². The lowest BCUT2D eigenvalue weighted by Gasteiger charge is -2.37. The topological polar surface area (TPSA) is 150 Å². The molecule has 1 aliphatic heterocycles. The molecule has 0 unspecified atom stereocenters. The van der Waals surface area contributed by atoms with E-state index in [9.17, 15) is 19.2 Å². The summed E-state index contributed by atoms with van der Waals surface area (Å²) in [6, 6.07) is 6.06. The lowest BCUT2D eigenvalue weighted by atomic mass is 9.81. The number of hydrogen-bond donors (Lipinski definition) is 3. The maximum absolute atomic E-state index is 13.4. The van der Waals surface area contributed by atoms with Crippen LogP contribution in [0.5, 0.6) is 0 Å². The number of aromatic amines is 1. The molecule has 0 spiro atoms. The van der Waals surface area contributed by atoms with Crippen molar-refractivity contribution in [2.45, 2.75) is 70.8 Å². The van der Waals surface area contributed by atoms with Gasteiger partial charge in [-0.1, -0.05) is 11.6 Å². The molecule has 1 aromatic carbocycles. The molecule has 2 aliphatic rings. The van der Waals surface area contributed by atoms with Crippen molar-refractivity contribution < 1.29 is 23.9 Å². The maximum Gasteiger partial charge on any atom is 0.410 e. The smallest absolute Gasteiger partial charge is 0.410 e. The van der Waals surface area contributed by atoms with E-state index in [1.807, 2.05) is 0 Å². The summed E-state index contributed by atoms with van der Waals surface area (Å²) in [5.41, 5.74) is 1.81. The normalized spacial score (nSPS) is 20.0. The van der Waals surface area contributed by atoms with Gasteiger partial charge in [0.2, 0.25) is 11.7 Å². The van der Waals surface area contributed by atoms with Crippen molar-refractivity contribution in [1.29, 1.82) is 0 Å². The summed E-state index contributed by atoms with van der Waals surface area (Å²) < 4.78 is 5.46. The number of rotatable bonds is 5. The molecule has 3 aromatic rings. The van der Waals surface area contributed by atoms with E-state index in [0.717, 1.165) is 16.5 Å². The number of carbonyl (C=O) groups excluding carboxylic acids is 4. The van der Waals surface area contributed by atoms with Gasteiger partial charge in [0.05, 0.1) is 24.8 Å². The fourth-order valence-corrected chi connectivity index (χ4v) is 5.70. The number of aromatic nitrogens is 3. The molecule has 2 aromatic heterocycles. The van der Waals surface area contributed by atoms with Crippen LogP contribution in [0.25, 0.3) is 10.9 Å². The molecule has 0 saturated heterocycles. The molecule has 1 fully saturated rings. The van der Waals surface area contributed by atoms with Crippen LogP contribution in [-0.2, 0) is 22.6 Å². The Morgan fingerprint density at radius 2 is 1.79 bits per heavy atom.